The van der Waals surface area contributed by atoms with Gasteiger partial charge in [0.25, 0.3) is 0 Å². The summed E-state index contributed by atoms with van der Waals surface area (Å²) < 4.78 is 5.05. The van der Waals surface area contributed by atoms with Crippen molar-refractivity contribution >= 4 is 22.9 Å². The van der Waals surface area contributed by atoms with Gasteiger partial charge in [0.15, 0.2) is 5.01 Å². The zero-order valence-corrected chi connectivity index (χ0v) is 12.2. The first-order valence-electron chi connectivity index (χ1n) is 5.76. The molecule has 0 bridgehead atoms. The van der Waals surface area contributed by atoms with E-state index >= 15 is 0 Å². The first-order chi connectivity index (χ1) is 8.46. The van der Waals surface area contributed by atoms with Gasteiger partial charge in [-0.15, -0.1) is 10.2 Å². The molecular formula is C12H16ClN3OS. The van der Waals surface area contributed by atoms with Gasteiger partial charge in [0.1, 0.15) is 5.01 Å². The fraction of sp³-hybridized carbons (Fsp3) is 0.500. The topological polar surface area (TPSA) is 51.0 Å². The lowest BCUT2D eigenvalue weighted by molar-refractivity contribution is 0.429. The molecule has 0 aliphatic carbocycles. The molecule has 6 heteroatoms. The molecule has 0 aliphatic heterocycles. The fourth-order valence-corrected chi connectivity index (χ4v) is 2.58. The van der Waals surface area contributed by atoms with Crippen LogP contribution in [0.4, 0.5) is 0 Å². The minimum absolute atomic E-state index is 0.126. The van der Waals surface area contributed by atoms with Crippen molar-refractivity contribution in [1.82, 2.24) is 15.5 Å². The number of hydrogen-bond donors (Lipinski definition) is 1. The van der Waals surface area contributed by atoms with Gasteiger partial charge in [0, 0.05) is 18.5 Å². The zero-order chi connectivity index (χ0) is 13.2. The third-order valence-electron chi connectivity index (χ3n) is 2.31. The summed E-state index contributed by atoms with van der Waals surface area (Å²) in [6, 6.07) is 1.81. The van der Waals surface area contributed by atoms with E-state index in [1.807, 2.05) is 0 Å². The lowest BCUT2D eigenvalue weighted by atomic mass is 10.1. The van der Waals surface area contributed by atoms with Gasteiger partial charge in [-0.3, -0.25) is 0 Å². The minimum Gasteiger partial charge on any atom is -0.452 e. The molecule has 0 aliphatic rings. The highest BCUT2D eigenvalue weighted by Crippen LogP contribution is 2.30. The second kappa shape index (κ2) is 5.38. The van der Waals surface area contributed by atoms with Crippen molar-refractivity contribution in [3.05, 3.63) is 22.6 Å². The van der Waals surface area contributed by atoms with Crippen LogP contribution < -0.4 is 5.32 Å². The van der Waals surface area contributed by atoms with Gasteiger partial charge in [-0.2, -0.15) is 0 Å². The van der Waals surface area contributed by atoms with Crippen molar-refractivity contribution in [3.63, 3.8) is 0 Å². The highest BCUT2D eigenvalue weighted by Gasteiger charge is 2.13. The smallest absolute Gasteiger partial charge is 0.203 e. The highest BCUT2D eigenvalue weighted by atomic mass is 35.5. The number of aromatic nitrogens is 2. The third kappa shape index (κ3) is 3.54. The first-order valence-corrected chi connectivity index (χ1v) is 6.96. The Hall–Kier alpha value is -0.910. The van der Waals surface area contributed by atoms with Crippen LogP contribution in [0.1, 0.15) is 25.8 Å². The average molecular weight is 286 g/mol. The van der Waals surface area contributed by atoms with E-state index < -0.39 is 0 Å². The summed E-state index contributed by atoms with van der Waals surface area (Å²) in [6.45, 7) is 7.31. The van der Waals surface area contributed by atoms with Gasteiger partial charge in [0.05, 0.1) is 11.8 Å². The molecule has 0 unspecified atom stereocenters. The largest absolute Gasteiger partial charge is 0.452 e. The van der Waals surface area contributed by atoms with Crippen LogP contribution >= 0.6 is 22.9 Å². The van der Waals surface area contributed by atoms with Crippen molar-refractivity contribution in [2.75, 3.05) is 6.54 Å². The number of nitrogens with one attached hydrogen (secondary N) is 1. The molecule has 0 aromatic carbocycles. The van der Waals surface area contributed by atoms with Crippen LogP contribution in [-0.2, 0) is 6.42 Å². The molecule has 0 amide bonds. The predicted molar refractivity (Wildman–Crippen MR) is 74.1 cm³/mol. The molecule has 0 radical (unpaired) electrons. The van der Waals surface area contributed by atoms with E-state index in [0.717, 1.165) is 28.5 Å². The summed E-state index contributed by atoms with van der Waals surface area (Å²) >= 11 is 7.46. The molecule has 2 rings (SSSR count). The maximum atomic E-state index is 5.91. The van der Waals surface area contributed by atoms with Gasteiger partial charge in [-0.25, -0.2) is 0 Å². The molecule has 2 aromatic rings. The molecule has 1 N–H and O–H groups in total. The quantitative estimate of drug-likeness (QED) is 0.936. The van der Waals surface area contributed by atoms with Gasteiger partial charge in [-0.1, -0.05) is 11.3 Å². The normalized spacial score (nSPS) is 12.0. The summed E-state index contributed by atoms with van der Waals surface area (Å²) in [6.07, 6.45) is 2.42. The van der Waals surface area contributed by atoms with Crippen LogP contribution in [0.15, 0.2) is 16.7 Å². The Morgan fingerprint density at radius 1 is 1.39 bits per heavy atom. The Kier molecular flexibility index (Phi) is 4.04. The maximum absolute atomic E-state index is 5.91. The molecule has 4 nitrogen and oxygen atoms in total. The van der Waals surface area contributed by atoms with Crippen LogP contribution in [0.5, 0.6) is 0 Å². The van der Waals surface area contributed by atoms with Crippen molar-refractivity contribution in [2.45, 2.75) is 32.7 Å². The minimum atomic E-state index is 0.126. The lowest BCUT2D eigenvalue weighted by Crippen LogP contribution is -2.37. The predicted octanol–water partition coefficient (Wildman–Crippen LogP) is 3.38. The highest BCUT2D eigenvalue weighted by molar-refractivity contribution is 7.14. The molecular weight excluding hydrogens is 270 g/mol. The summed E-state index contributed by atoms with van der Waals surface area (Å²) in [5.74, 6) is 0. The Morgan fingerprint density at radius 2 is 2.17 bits per heavy atom. The SMILES string of the molecule is CC(C)(C)NCCc1nnc(-c2ccoc2Cl)s1. The molecule has 0 spiro atoms. The van der Waals surface area contributed by atoms with Crippen molar-refractivity contribution < 1.29 is 4.42 Å². The van der Waals surface area contributed by atoms with Gasteiger partial charge < -0.3 is 9.73 Å². The number of furan rings is 1. The molecule has 0 saturated carbocycles. The van der Waals surface area contributed by atoms with E-state index in [-0.39, 0.29) is 5.54 Å². The third-order valence-corrected chi connectivity index (χ3v) is 3.62. The van der Waals surface area contributed by atoms with Crippen molar-refractivity contribution in [3.8, 4) is 10.6 Å². The van der Waals surface area contributed by atoms with E-state index in [9.17, 15) is 0 Å². The second-order valence-corrected chi connectivity index (χ2v) is 6.44. The van der Waals surface area contributed by atoms with Crippen molar-refractivity contribution in [2.24, 2.45) is 0 Å². The van der Waals surface area contributed by atoms with Gasteiger partial charge in [0.2, 0.25) is 5.22 Å². The molecule has 0 fully saturated rings. The Bertz CT molecular complexity index is 515. The van der Waals surface area contributed by atoms with E-state index in [0.29, 0.717) is 5.22 Å². The number of nitrogens with zero attached hydrogens (tertiary/aromatic N) is 2. The Labute approximate surface area is 115 Å². The molecule has 2 aromatic heterocycles. The van der Waals surface area contributed by atoms with E-state index in [4.69, 9.17) is 16.0 Å². The van der Waals surface area contributed by atoms with Crippen LogP contribution in [-0.4, -0.2) is 22.3 Å². The van der Waals surface area contributed by atoms with Crippen molar-refractivity contribution in [1.29, 1.82) is 0 Å². The summed E-state index contributed by atoms with van der Waals surface area (Å²) in [7, 11) is 0. The molecule has 2 heterocycles. The Balaban J connectivity index is 1.97. The molecule has 0 atom stereocenters. The standard InChI is InChI=1S/C12H16ClN3OS/c1-12(2,3)14-6-4-9-15-16-11(18-9)8-5-7-17-10(8)13/h5,7,14H,4,6H2,1-3H3. The number of halogens is 1. The maximum Gasteiger partial charge on any atom is 0.203 e. The summed E-state index contributed by atoms with van der Waals surface area (Å²) in [5.41, 5.74) is 0.936. The van der Waals surface area contributed by atoms with E-state index in [1.165, 1.54) is 0 Å². The van der Waals surface area contributed by atoms with Gasteiger partial charge >= 0.3 is 0 Å². The van der Waals surface area contributed by atoms with E-state index in [1.54, 1.807) is 23.7 Å². The first kappa shape index (κ1) is 13.5. The zero-order valence-electron chi connectivity index (χ0n) is 10.7. The molecule has 0 saturated heterocycles. The molecule has 18 heavy (non-hydrogen) atoms. The van der Waals surface area contributed by atoms with E-state index in [2.05, 4.69) is 36.3 Å². The van der Waals surface area contributed by atoms with Crippen LogP contribution in [0, 0.1) is 0 Å². The summed E-state index contributed by atoms with van der Waals surface area (Å²) in [4.78, 5) is 0. The van der Waals surface area contributed by atoms with Crippen LogP contribution in [0.25, 0.3) is 10.6 Å². The Morgan fingerprint density at radius 3 is 2.78 bits per heavy atom. The number of rotatable bonds is 4. The van der Waals surface area contributed by atoms with Crippen LogP contribution in [0.3, 0.4) is 0 Å². The fourth-order valence-electron chi connectivity index (χ4n) is 1.45. The second-order valence-electron chi connectivity index (χ2n) is 5.04. The lowest BCUT2D eigenvalue weighted by Gasteiger charge is -2.19. The van der Waals surface area contributed by atoms with Gasteiger partial charge in [-0.05, 0) is 38.4 Å². The average Bonchev–Trinajstić information content (AvgIpc) is 2.84. The number of hydrogen-bond acceptors (Lipinski definition) is 5. The molecule has 98 valence electrons. The summed E-state index contributed by atoms with van der Waals surface area (Å²) in [5, 5.41) is 13.9. The van der Waals surface area contributed by atoms with Crippen LogP contribution in [0.2, 0.25) is 5.22 Å². The monoisotopic (exact) mass is 285 g/mol.